The molecule has 0 atom stereocenters. The van der Waals surface area contributed by atoms with E-state index in [2.05, 4.69) is 13.2 Å². The Labute approximate surface area is 149 Å². The Morgan fingerprint density at radius 3 is 1.80 bits per heavy atom. The summed E-state index contributed by atoms with van der Waals surface area (Å²) in [6.45, 7) is 9.29. The van der Waals surface area contributed by atoms with Gasteiger partial charge in [-0.3, -0.25) is 0 Å². The van der Waals surface area contributed by atoms with Crippen molar-refractivity contribution in [2.45, 2.75) is 12.9 Å². The van der Waals surface area contributed by atoms with Crippen LogP contribution in [0.15, 0.2) is 110 Å². The van der Waals surface area contributed by atoms with Crippen molar-refractivity contribution in [3.63, 3.8) is 0 Å². The van der Waals surface area contributed by atoms with Gasteiger partial charge in [-0.2, -0.15) is 0 Å². The first-order valence-corrected chi connectivity index (χ1v) is 7.94. The van der Waals surface area contributed by atoms with Gasteiger partial charge in [-0.25, -0.2) is 0 Å². The summed E-state index contributed by atoms with van der Waals surface area (Å²) in [5.41, 5.74) is 0. The van der Waals surface area contributed by atoms with Gasteiger partial charge in [-0.1, -0.05) is 67.8 Å². The van der Waals surface area contributed by atoms with Gasteiger partial charge in [-0.15, -0.1) is 0 Å². The molecule has 0 fully saturated rings. The molecule has 3 heteroatoms. The molecule has 0 N–H and O–H groups in total. The van der Waals surface area contributed by atoms with Crippen molar-refractivity contribution < 1.29 is 14.2 Å². The third-order valence-corrected chi connectivity index (χ3v) is 3.14. The number of hydrogen-bond acceptors (Lipinski definition) is 3. The van der Waals surface area contributed by atoms with Crippen LogP contribution in [0.1, 0.15) is 6.92 Å². The Morgan fingerprint density at radius 2 is 1.36 bits per heavy atom. The minimum Gasteiger partial charge on any atom is -0.422 e. The second-order valence-corrected chi connectivity index (χ2v) is 5.14. The zero-order chi connectivity index (χ0) is 18.0. The first-order chi connectivity index (χ1) is 12.2. The van der Waals surface area contributed by atoms with Crippen LogP contribution < -0.4 is 9.47 Å². The topological polar surface area (TPSA) is 27.7 Å². The maximum absolute atomic E-state index is 5.98. The fraction of sp³-hybridized carbons (Fsp3) is 0.0909. The molecule has 2 aromatic carbocycles. The van der Waals surface area contributed by atoms with Gasteiger partial charge >= 0.3 is 5.97 Å². The van der Waals surface area contributed by atoms with E-state index in [0.717, 1.165) is 0 Å². The third-order valence-electron chi connectivity index (χ3n) is 3.14. The van der Waals surface area contributed by atoms with E-state index in [1.807, 2.05) is 73.7 Å². The summed E-state index contributed by atoms with van der Waals surface area (Å²) >= 11 is 0. The molecule has 25 heavy (non-hydrogen) atoms. The average Bonchev–Trinajstić information content (AvgIpc) is 2.63. The minimum atomic E-state index is -1.49. The van der Waals surface area contributed by atoms with Crippen LogP contribution in [0.2, 0.25) is 0 Å². The minimum absolute atomic E-state index is 0.602. The van der Waals surface area contributed by atoms with Crippen LogP contribution in [-0.2, 0) is 4.74 Å². The second kappa shape index (κ2) is 9.18. The molecule has 0 heterocycles. The Bertz CT molecular complexity index is 689. The van der Waals surface area contributed by atoms with Gasteiger partial charge in [-0.05, 0) is 37.3 Å². The van der Waals surface area contributed by atoms with E-state index >= 15 is 0 Å². The largest absolute Gasteiger partial charge is 0.439 e. The highest BCUT2D eigenvalue weighted by atomic mass is 16.9. The summed E-state index contributed by atoms with van der Waals surface area (Å²) in [6.07, 6.45) is 8.59. The van der Waals surface area contributed by atoms with Gasteiger partial charge in [0, 0.05) is 6.08 Å². The van der Waals surface area contributed by atoms with Crippen LogP contribution in [0, 0.1) is 0 Å². The molecule has 0 saturated heterocycles. The SMILES string of the molecule is C=C/C=C\C=C(/C)OC(C=C)(Oc1ccccc1)Oc1ccccc1. The van der Waals surface area contributed by atoms with Gasteiger partial charge < -0.3 is 14.2 Å². The quantitative estimate of drug-likeness (QED) is 0.257. The molecule has 3 nitrogen and oxygen atoms in total. The van der Waals surface area contributed by atoms with Gasteiger partial charge in [0.1, 0.15) is 17.3 Å². The van der Waals surface area contributed by atoms with E-state index < -0.39 is 5.97 Å². The Hall–Kier alpha value is -3.20. The maximum Gasteiger partial charge on any atom is 0.439 e. The monoisotopic (exact) mass is 334 g/mol. The lowest BCUT2D eigenvalue weighted by Crippen LogP contribution is -2.42. The highest BCUT2D eigenvalue weighted by molar-refractivity contribution is 5.25. The predicted octanol–water partition coefficient (Wildman–Crippen LogP) is 5.65. The molecule has 2 aromatic rings. The van der Waals surface area contributed by atoms with Crippen molar-refractivity contribution in [3.05, 3.63) is 110 Å². The maximum atomic E-state index is 5.98. The van der Waals surface area contributed by atoms with Gasteiger partial charge in [0.15, 0.2) is 0 Å². The molecule has 128 valence electrons. The molecule has 0 unspecified atom stereocenters. The number of para-hydroxylation sites is 2. The average molecular weight is 334 g/mol. The zero-order valence-electron chi connectivity index (χ0n) is 14.3. The van der Waals surface area contributed by atoms with E-state index in [-0.39, 0.29) is 0 Å². The van der Waals surface area contributed by atoms with E-state index in [4.69, 9.17) is 14.2 Å². The lowest BCUT2D eigenvalue weighted by molar-refractivity contribution is -0.245. The molecule has 0 aromatic heterocycles. The van der Waals surface area contributed by atoms with Crippen molar-refractivity contribution in [2.24, 2.45) is 0 Å². The molecular formula is C22H22O3. The van der Waals surface area contributed by atoms with Crippen molar-refractivity contribution in [2.75, 3.05) is 0 Å². The molecule has 0 aliphatic carbocycles. The van der Waals surface area contributed by atoms with E-state index in [1.165, 1.54) is 6.08 Å². The van der Waals surface area contributed by atoms with Gasteiger partial charge in [0.05, 0.1) is 0 Å². The number of hydrogen-bond donors (Lipinski definition) is 0. The van der Waals surface area contributed by atoms with E-state index in [0.29, 0.717) is 17.3 Å². The smallest absolute Gasteiger partial charge is 0.422 e. The predicted molar refractivity (Wildman–Crippen MR) is 101 cm³/mol. The molecular weight excluding hydrogens is 312 g/mol. The number of allylic oxidation sites excluding steroid dienone is 5. The highest BCUT2D eigenvalue weighted by Crippen LogP contribution is 2.27. The molecule has 2 rings (SSSR count). The summed E-state index contributed by atoms with van der Waals surface area (Å²) in [7, 11) is 0. The van der Waals surface area contributed by atoms with Crippen molar-refractivity contribution in [1.82, 2.24) is 0 Å². The van der Waals surface area contributed by atoms with Gasteiger partial charge in [0.25, 0.3) is 0 Å². The molecule has 0 aliphatic rings. The van der Waals surface area contributed by atoms with Crippen LogP contribution in [0.3, 0.4) is 0 Å². The molecule has 0 aliphatic heterocycles. The zero-order valence-corrected chi connectivity index (χ0v) is 14.3. The molecule has 0 bridgehead atoms. The molecule has 0 amide bonds. The van der Waals surface area contributed by atoms with E-state index in [1.54, 1.807) is 18.2 Å². The Balaban J connectivity index is 2.30. The van der Waals surface area contributed by atoms with Crippen LogP contribution >= 0.6 is 0 Å². The molecule has 0 saturated carbocycles. The van der Waals surface area contributed by atoms with Crippen molar-refractivity contribution in [1.29, 1.82) is 0 Å². The summed E-state index contributed by atoms with van der Waals surface area (Å²) in [4.78, 5) is 0. The van der Waals surface area contributed by atoms with Crippen LogP contribution in [0.25, 0.3) is 0 Å². The number of ether oxygens (including phenoxy) is 3. The fourth-order valence-electron chi connectivity index (χ4n) is 2.02. The number of benzene rings is 2. The van der Waals surface area contributed by atoms with Crippen LogP contribution in [0.4, 0.5) is 0 Å². The van der Waals surface area contributed by atoms with Crippen LogP contribution in [0.5, 0.6) is 11.5 Å². The van der Waals surface area contributed by atoms with Crippen molar-refractivity contribution >= 4 is 0 Å². The molecule has 0 spiro atoms. The second-order valence-electron chi connectivity index (χ2n) is 5.14. The van der Waals surface area contributed by atoms with E-state index in [9.17, 15) is 0 Å². The summed E-state index contributed by atoms with van der Waals surface area (Å²) in [5.74, 6) is 0.316. The summed E-state index contributed by atoms with van der Waals surface area (Å²) in [6, 6.07) is 18.6. The summed E-state index contributed by atoms with van der Waals surface area (Å²) in [5, 5.41) is 0. The molecule has 0 radical (unpaired) electrons. The lowest BCUT2D eigenvalue weighted by Gasteiger charge is -2.31. The highest BCUT2D eigenvalue weighted by Gasteiger charge is 2.35. The number of rotatable bonds is 9. The Kier molecular flexibility index (Phi) is 6.66. The normalized spacial score (nSPS) is 11.8. The Morgan fingerprint density at radius 1 is 0.840 bits per heavy atom. The van der Waals surface area contributed by atoms with Crippen LogP contribution in [-0.4, -0.2) is 5.97 Å². The van der Waals surface area contributed by atoms with Gasteiger partial charge in [0.2, 0.25) is 0 Å². The fourth-order valence-corrected chi connectivity index (χ4v) is 2.02. The summed E-state index contributed by atoms with van der Waals surface area (Å²) < 4.78 is 17.9. The first-order valence-electron chi connectivity index (χ1n) is 7.94. The third kappa shape index (κ3) is 5.74. The first kappa shape index (κ1) is 18.1. The standard InChI is InChI=1S/C22H22O3/c1-4-6-9-14-19(3)23-22(5-2,24-20-15-10-7-11-16-20)25-21-17-12-8-13-18-21/h4-18H,1-2H2,3H3/b9-6-,19-14+. The van der Waals surface area contributed by atoms with Crippen molar-refractivity contribution in [3.8, 4) is 11.5 Å². The lowest BCUT2D eigenvalue weighted by atomic mass is 10.3.